The second-order valence-corrected chi connectivity index (χ2v) is 6.46. The van der Waals surface area contributed by atoms with E-state index in [9.17, 15) is 9.59 Å². The van der Waals surface area contributed by atoms with Gasteiger partial charge in [0, 0.05) is 19.5 Å². The molecule has 6 nitrogen and oxygen atoms in total. The van der Waals surface area contributed by atoms with Crippen LogP contribution < -0.4 is 16.0 Å². The van der Waals surface area contributed by atoms with Crippen LogP contribution in [-0.4, -0.2) is 20.8 Å². The molecular weight excluding hydrogens is 330 g/mol. The van der Waals surface area contributed by atoms with Crippen LogP contribution in [0.25, 0.3) is 27.6 Å². The fourth-order valence-electron chi connectivity index (χ4n) is 3.48. The first-order chi connectivity index (χ1) is 12.4. The number of hydrogen-bond donors (Lipinski definition) is 0. The van der Waals surface area contributed by atoms with Crippen molar-refractivity contribution in [2.75, 3.05) is 7.11 Å². The van der Waals surface area contributed by atoms with E-state index in [0.29, 0.717) is 22.5 Å². The van der Waals surface area contributed by atoms with Crippen molar-refractivity contribution in [2.45, 2.75) is 6.92 Å². The first kappa shape index (κ1) is 16.2. The highest BCUT2D eigenvalue weighted by atomic mass is 16.5. The van der Waals surface area contributed by atoms with Crippen molar-refractivity contribution in [3.63, 3.8) is 0 Å². The van der Waals surface area contributed by atoms with E-state index < -0.39 is 0 Å². The van der Waals surface area contributed by atoms with E-state index in [1.165, 1.54) is 9.13 Å². The third-order valence-electron chi connectivity index (χ3n) is 4.89. The number of fused-ring (bicyclic) bond motifs is 3. The Labute approximate surface area is 149 Å². The molecule has 132 valence electrons. The van der Waals surface area contributed by atoms with Gasteiger partial charge in [0.25, 0.3) is 5.56 Å². The van der Waals surface area contributed by atoms with Crippen molar-refractivity contribution in [1.29, 1.82) is 0 Å². The van der Waals surface area contributed by atoms with Crippen molar-refractivity contribution in [3.8, 4) is 11.4 Å². The lowest BCUT2D eigenvalue weighted by molar-refractivity contribution is 0.415. The molecule has 0 aliphatic rings. The molecule has 0 atom stereocenters. The predicted molar refractivity (Wildman–Crippen MR) is 103 cm³/mol. The normalized spacial score (nSPS) is 11.4. The zero-order valence-corrected chi connectivity index (χ0v) is 15.1. The second-order valence-electron chi connectivity index (χ2n) is 6.46. The summed E-state index contributed by atoms with van der Waals surface area (Å²) in [5.41, 5.74) is 2.89. The van der Waals surface area contributed by atoms with Crippen molar-refractivity contribution < 1.29 is 4.74 Å². The summed E-state index contributed by atoms with van der Waals surface area (Å²) in [4.78, 5) is 26.2. The van der Waals surface area contributed by atoms with Gasteiger partial charge in [-0.2, -0.15) is 0 Å². The molecule has 2 aromatic carbocycles. The van der Waals surface area contributed by atoms with Gasteiger partial charge < -0.3 is 9.30 Å². The van der Waals surface area contributed by atoms with Crippen LogP contribution in [-0.2, 0) is 14.1 Å². The maximum absolute atomic E-state index is 13.2. The average molecular weight is 349 g/mol. The van der Waals surface area contributed by atoms with Gasteiger partial charge in [0.15, 0.2) is 0 Å². The highest BCUT2D eigenvalue weighted by molar-refractivity contribution is 6.06. The fourth-order valence-corrected chi connectivity index (χ4v) is 3.48. The second kappa shape index (κ2) is 5.62. The summed E-state index contributed by atoms with van der Waals surface area (Å²) in [5.74, 6) is 0.681. The molecule has 0 N–H and O–H groups in total. The van der Waals surface area contributed by atoms with Gasteiger partial charge in [-0.05, 0) is 37.3 Å². The van der Waals surface area contributed by atoms with Crippen LogP contribution in [0.1, 0.15) is 5.56 Å². The van der Waals surface area contributed by atoms with Gasteiger partial charge >= 0.3 is 5.69 Å². The predicted octanol–water partition coefficient (Wildman–Crippen LogP) is 2.50. The summed E-state index contributed by atoms with van der Waals surface area (Å²) >= 11 is 0. The third kappa shape index (κ3) is 2.12. The molecule has 0 radical (unpaired) electrons. The number of aryl methyl sites for hydroxylation is 3. The summed E-state index contributed by atoms with van der Waals surface area (Å²) in [5, 5.41) is 0.814. The Balaban J connectivity index is 2.21. The van der Waals surface area contributed by atoms with Gasteiger partial charge in [0.1, 0.15) is 11.3 Å². The van der Waals surface area contributed by atoms with Gasteiger partial charge in [0.05, 0.1) is 23.8 Å². The Hall–Kier alpha value is -3.28. The molecule has 4 aromatic rings. The van der Waals surface area contributed by atoms with Crippen molar-refractivity contribution in [1.82, 2.24) is 13.7 Å². The number of benzene rings is 2. The van der Waals surface area contributed by atoms with Gasteiger partial charge in [0.2, 0.25) is 0 Å². The van der Waals surface area contributed by atoms with Crippen LogP contribution in [0, 0.1) is 6.92 Å². The molecule has 0 saturated heterocycles. The molecule has 0 saturated carbocycles. The monoisotopic (exact) mass is 349 g/mol. The van der Waals surface area contributed by atoms with Gasteiger partial charge in [-0.25, -0.2) is 9.36 Å². The number of ether oxygens (including phenoxy) is 1. The van der Waals surface area contributed by atoms with E-state index in [4.69, 9.17) is 4.74 Å². The van der Waals surface area contributed by atoms with Crippen LogP contribution in [0.15, 0.2) is 52.1 Å². The number of aromatic nitrogens is 3. The van der Waals surface area contributed by atoms with Crippen LogP contribution >= 0.6 is 0 Å². The molecule has 0 aliphatic carbocycles. The Bertz CT molecular complexity index is 1270. The number of hydrogen-bond acceptors (Lipinski definition) is 3. The molecule has 0 amide bonds. The average Bonchev–Trinajstić information content (AvgIpc) is 2.94. The molecule has 0 fully saturated rings. The topological polar surface area (TPSA) is 58.2 Å². The minimum absolute atomic E-state index is 0.329. The van der Waals surface area contributed by atoms with Gasteiger partial charge in [-0.3, -0.25) is 9.36 Å². The van der Waals surface area contributed by atoms with E-state index in [0.717, 1.165) is 16.5 Å². The highest BCUT2D eigenvalue weighted by Gasteiger charge is 2.19. The molecule has 0 aliphatic heterocycles. The Morgan fingerprint density at radius 3 is 2.23 bits per heavy atom. The fraction of sp³-hybridized carbons (Fsp3) is 0.200. The highest BCUT2D eigenvalue weighted by Crippen LogP contribution is 2.28. The van der Waals surface area contributed by atoms with Crippen molar-refractivity contribution >= 4 is 21.9 Å². The van der Waals surface area contributed by atoms with E-state index >= 15 is 0 Å². The standard InChI is InChI=1S/C20H19N3O3/c1-12-5-7-13(8-6-12)23-19(24)18-17(22(3)20(23)25)15-11-14(26-4)9-10-16(15)21(18)2/h5-11H,1-4H3. The van der Waals surface area contributed by atoms with E-state index in [1.807, 2.05) is 48.9 Å². The number of nitrogens with zero attached hydrogens (tertiary/aromatic N) is 3. The molecule has 2 heterocycles. The van der Waals surface area contributed by atoms with Crippen LogP contribution in [0.3, 0.4) is 0 Å². The van der Waals surface area contributed by atoms with Crippen LogP contribution in [0.5, 0.6) is 5.75 Å². The number of rotatable bonds is 2. The van der Waals surface area contributed by atoms with Crippen LogP contribution in [0.2, 0.25) is 0 Å². The molecule has 6 heteroatoms. The lowest BCUT2D eigenvalue weighted by atomic mass is 10.2. The summed E-state index contributed by atoms with van der Waals surface area (Å²) in [7, 11) is 5.12. The maximum atomic E-state index is 13.2. The van der Waals surface area contributed by atoms with Crippen molar-refractivity contribution in [2.24, 2.45) is 14.1 Å². The Kier molecular flexibility index (Phi) is 3.50. The van der Waals surface area contributed by atoms with Gasteiger partial charge in [-0.15, -0.1) is 0 Å². The first-order valence-electron chi connectivity index (χ1n) is 8.29. The zero-order chi connectivity index (χ0) is 18.6. The largest absolute Gasteiger partial charge is 0.497 e. The van der Waals surface area contributed by atoms with Crippen LogP contribution in [0.4, 0.5) is 0 Å². The molecule has 4 rings (SSSR count). The molecule has 0 bridgehead atoms. The lowest BCUT2D eigenvalue weighted by Gasteiger charge is -2.10. The summed E-state index contributed by atoms with van der Waals surface area (Å²) in [6, 6.07) is 12.9. The summed E-state index contributed by atoms with van der Waals surface area (Å²) in [6.45, 7) is 1.96. The Morgan fingerprint density at radius 1 is 0.885 bits per heavy atom. The van der Waals surface area contributed by atoms with Gasteiger partial charge in [-0.1, -0.05) is 17.7 Å². The van der Waals surface area contributed by atoms with E-state index in [2.05, 4.69) is 0 Å². The third-order valence-corrected chi connectivity index (χ3v) is 4.89. The van der Waals surface area contributed by atoms with E-state index in [1.54, 1.807) is 26.3 Å². The summed E-state index contributed by atoms with van der Waals surface area (Å²) < 4.78 is 9.88. The molecule has 2 aromatic heterocycles. The van der Waals surface area contributed by atoms with E-state index in [-0.39, 0.29) is 11.2 Å². The smallest absolute Gasteiger partial charge is 0.335 e. The molecule has 26 heavy (non-hydrogen) atoms. The number of methoxy groups -OCH3 is 1. The Morgan fingerprint density at radius 2 is 1.58 bits per heavy atom. The summed E-state index contributed by atoms with van der Waals surface area (Å²) in [6.07, 6.45) is 0. The SMILES string of the molecule is COc1ccc2c(c1)c1c(c(=O)n(-c3ccc(C)cc3)c(=O)n1C)n2C. The van der Waals surface area contributed by atoms with Crippen molar-refractivity contribution in [3.05, 3.63) is 68.9 Å². The zero-order valence-electron chi connectivity index (χ0n) is 15.1. The minimum atomic E-state index is -0.373. The maximum Gasteiger partial charge on any atom is 0.335 e. The molecular formula is C20H19N3O3. The molecule has 0 spiro atoms. The lowest BCUT2D eigenvalue weighted by Crippen LogP contribution is -2.38. The molecule has 0 unspecified atom stereocenters. The first-order valence-corrected chi connectivity index (χ1v) is 8.29. The quantitative estimate of drug-likeness (QED) is 0.559. The minimum Gasteiger partial charge on any atom is -0.497 e.